The fourth-order valence-corrected chi connectivity index (χ4v) is 0.911. The summed E-state index contributed by atoms with van der Waals surface area (Å²) in [6.45, 7) is 6.77. The number of amides is 1. The molecule has 0 atom stereocenters. The standard InChI is InChI=1S/C12H12N4O/c1-3-5-10(15)6-11(9(7-13)8-14)16-12(17)4-2/h3-4,6H,1-2,5,15H2,(H,16,17). The van der Waals surface area contributed by atoms with Gasteiger partial charge in [0.1, 0.15) is 12.1 Å². The van der Waals surface area contributed by atoms with E-state index in [9.17, 15) is 4.79 Å². The normalized spacial score (nSPS) is 9.41. The number of carbonyl (C=O) groups is 1. The van der Waals surface area contributed by atoms with Crippen molar-refractivity contribution in [3.05, 3.63) is 48.4 Å². The molecular formula is C12H12N4O. The fourth-order valence-electron chi connectivity index (χ4n) is 0.911. The third-order valence-electron chi connectivity index (χ3n) is 1.65. The second-order valence-electron chi connectivity index (χ2n) is 2.92. The van der Waals surface area contributed by atoms with Crippen LogP contribution in [-0.2, 0) is 4.79 Å². The Balaban J connectivity index is 5.36. The lowest BCUT2D eigenvalue weighted by Gasteiger charge is -2.04. The maximum atomic E-state index is 11.1. The summed E-state index contributed by atoms with van der Waals surface area (Å²) in [5.41, 5.74) is 5.81. The lowest BCUT2D eigenvalue weighted by molar-refractivity contribution is -0.115. The Labute approximate surface area is 99.8 Å². The molecule has 0 unspecified atom stereocenters. The highest BCUT2D eigenvalue weighted by molar-refractivity contribution is 5.89. The van der Waals surface area contributed by atoms with Gasteiger partial charge in [-0.25, -0.2) is 0 Å². The first kappa shape index (κ1) is 14.2. The summed E-state index contributed by atoms with van der Waals surface area (Å²) in [7, 11) is 0. The van der Waals surface area contributed by atoms with E-state index >= 15 is 0 Å². The minimum Gasteiger partial charge on any atom is -0.402 e. The van der Waals surface area contributed by atoms with E-state index < -0.39 is 5.91 Å². The average molecular weight is 228 g/mol. The maximum absolute atomic E-state index is 11.1. The van der Waals surface area contributed by atoms with Gasteiger partial charge in [0.25, 0.3) is 0 Å². The van der Waals surface area contributed by atoms with Crippen LogP contribution in [0.15, 0.2) is 48.4 Å². The average Bonchev–Trinajstić information content (AvgIpc) is 2.30. The highest BCUT2D eigenvalue weighted by atomic mass is 16.1. The van der Waals surface area contributed by atoms with E-state index in [2.05, 4.69) is 18.5 Å². The molecule has 5 heteroatoms. The van der Waals surface area contributed by atoms with E-state index in [0.717, 1.165) is 6.08 Å². The van der Waals surface area contributed by atoms with Crippen LogP contribution < -0.4 is 11.1 Å². The molecule has 0 rings (SSSR count). The number of hydrogen-bond donors (Lipinski definition) is 2. The van der Waals surface area contributed by atoms with Crippen molar-refractivity contribution < 1.29 is 4.79 Å². The van der Waals surface area contributed by atoms with Crippen molar-refractivity contribution in [3.8, 4) is 12.1 Å². The van der Waals surface area contributed by atoms with Crippen LogP contribution in [0.4, 0.5) is 0 Å². The van der Waals surface area contributed by atoms with Crippen molar-refractivity contribution in [1.82, 2.24) is 5.32 Å². The zero-order valence-corrected chi connectivity index (χ0v) is 9.23. The second kappa shape index (κ2) is 7.49. The Morgan fingerprint density at radius 1 is 1.35 bits per heavy atom. The van der Waals surface area contributed by atoms with Gasteiger partial charge in [-0.1, -0.05) is 12.7 Å². The number of hydrogen-bond acceptors (Lipinski definition) is 4. The smallest absolute Gasteiger partial charge is 0.247 e. The molecule has 0 heterocycles. The predicted octanol–water partition coefficient (Wildman–Crippen LogP) is 1.01. The van der Waals surface area contributed by atoms with Crippen LogP contribution in [0.1, 0.15) is 6.42 Å². The number of rotatable bonds is 5. The highest BCUT2D eigenvalue weighted by Crippen LogP contribution is 2.05. The summed E-state index contributed by atoms with van der Waals surface area (Å²) >= 11 is 0. The third-order valence-corrected chi connectivity index (χ3v) is 1.65. The van der Waals surface area contributed by atoms with E-state index in [1.165, 1.54) is 6.08 Å². The molecule has 17 heavy (non-hydrogen) atoms. The highest BCUT2D eigenvalue weighted by Gasteiger charge is 2.06. The van der Waals surface area contributed by atoms with Crippen LogP contribution in [0.5, 0.6) is 0 Å². The first-order valence-electron chi connectivity index (χ1n) is 4.63. The molecule has 86 valence electrons. The van der Waals surface area contributed by atoms with Crippen LogP contribution in [0.2, 0.25) is 0 Å². The number of carbonyl (C=O) groups excluding carboxylic acids is 1. The van der Waals surface area contributed by atoms with Crippen molar-refractivity contribution in [2.45, 2.75) is 6.42 Å². The van der Waals surface area contributed by atoms with Gasteiger partial charge in [0.05, 0.1) is 5.70 Å². The molecule has 3 N–H and O–H groups in total. The molecule has 0 fully saturated rings. The predicted molar refractivity (Wildman–Crippen MR) is 63.7 cm³/mol. The molecule has 0 radical (unpaired) electrons. The van der Waals surface area contributed by atoms with Gasteiger partial charge >= 0.3 is 0 Å². The van der Waals surface area contributed by atoms with Crippen molar-refractivity contribution >= 4 is 5.91 Å². The van der Waals surface area contributed by atoms with Gasteiger partial charge in [-0.05, 0) is 12.2 Å². The minimum atomic E-state index is -0.523. The first-order valence-corrected chi connectivity index (χ1v) is 4.63. The van der Waals surface area contributed by atoms with Crippen molar-refractivity contribution in [3.63, 3.8) is 0 Å². The molecule has 0 aliphatic rings. The Morgan fingerprint density at radius 3 is 2.35 bits per heavy atom. The summed E-state index contributed by atoms with van der Waals surface area (Å²) in [5, 5.41) is 19.8. The lowest BCUT2D eigenvalue weighted by Crippen LogP contribution is -2.21. The van der Waals surface area contributed by atoms with Crippen LogP contribution in [0.25, 0.3) is 0 Å². The number of nitrogens with two attached hydrogens (primary N) is 1. The molecule has 0 aromatic heterocycles. The van der Waals surface area contributed by atoms with Gasteiger partial charge in [-0.15, -0.1) is 6.58 Å². The van der Waals surface area contributed by atoms with Crippen LogP contribution in [0, 0.1) is 22.7 Å². The maximum Gasteiger partial charge on any atom is 0.247 e. The molecule has 0 aliphatic carbocycles. The molecule has 0 aromatic rings. The topological polar surface area (TPSA) is 103 Å². The Hall–Kier alpha value is -2.79. The third kappa shape index (κ3) is 5.01. The summed E-state index contributed by atoms with van der Waals surface area (Å²) < 4.78 is 0. The summed E-state index contributed by atoms with van der Waals surface area (Å²) in [5.74, 6) is -0.523. The molecule has 0 spiro atoms. The second-order valence-corrected chi connectivity index (χ2v) is 2.92. The van der Waals surface area contributed by atoms with Crippen molar-refractivity contribution in [2.75, 3.05) is 0 Å². The molecule has 0 saturated heterocycles. The quantitative estimate of drug-likeness (QED) is 0.317. The minimum absolute atomic E-state index is 0.0549. The summed E-state index contributed by atoms with van der Waals surface area (Å²) in [4.78, 5) is 11.1. The van der Waals surface area contributed by atoms with Crippen LogP contribution >= 0.6 is 0 Å². The van der Waals surface area contributed by atoms with E-state index in [1.807, 2.05) is 0 Å². The molecule has 1 amide bonds. The largest absolute Gasteiger partial charge is 0.402 e. The fraction of sp³-hybridized carbons (Fsp3) is 0.0833. The Bertz CT molecular complexity index is 456. The molecular weight excluding hydrogens is 216 g/mol. The molecule has 0 saturated carbocycles. The van der Waals surface area contributed by atoms with Gasteiger partial charge in [-0.2, -0.15) is 10.5 Å². The molecule has 5 nitrogen and oxygen atoms in total. The van der Waals surface area contributed by atoms with Crippen LogP contribution in [-0.4, -0.2) is 5.91 Å². The van der Waals surface area contributed by atoms with E-state index in [0.29, 0.717) is 12.1 Å². The van der Waals surface area contributed by atoms with E-state index in [1.54, 1.807) is 18.2 Å². The lowest BCUT2D eigenvalue weighted by atomic mass is 10.2. The SMILES string of the molecule is C=CCC(N)=CC(NC(=O)C=C)=C(C#N)C#N. The number of nitrogens with zero attached hydrogens (tertiary/aromatic N) is 2. The summed E-state index contributed by atoms with van der Waals surface area (Å²) in [6.07, 6.45) is 4.34. The molecule has 0 aliphatic heterocycles. The zero-order chi connectivity index (χ0) is 13.3. The van der Waals surface area contributed by atoms with Gasteiger partial charge in [0.2, 0.25) is 5.91 Å². The van der Waals surface area contributed by atoms with Gasteiger partial charge in [0.15, 0.2) is 5.57 Å². The van der Waals surface area contributed by atoms with Gasteiger partial charge in [-0.3, -0.25) is 4.79 Å². The van der Waals surface area contributed by atoms with Crippen molar-refractivity contribution in [2.24, 2.45) is 5.73 Å². The van der Waals surface area contributed by atoms with Gasteiger partial charge in [0, 0.05) is 12.1 Å². The van der Waals surface area contributed by atoms with Crippen LogP contribution in [0.3, 0.4) is 0 Å². The van der Waals surface area contributed by atoms with Gasteiger partial charge < -0.3 is 11.1 Å². The Kier molecular flexibility index (Phi) is 6.26. The van der Waals surface area contributed by atoms with E-state index in [-0.39, 0.29) is 11.3 Å². The number of nitriles is 2. The number of nitrogens with one attached hydrogen (secondary N) is 1. The zero-order valence-electron chi connectivity index (χ0n) is 9.23. The molecule has 0 bridgehead atoms. The summed E-state index contributed by atoms with van der Waals surface area (Å²) in [6, 6.07) is 3.34. The van der Waals surface area contributed by atoms with Crippen molar-refractivity contribution in [1.29, 1.82) is 10.5 Å². The monoisotopic (exact) mass is 228 g/mol. The Morgan fingerprint density at radius 2 is 1.94 bits per heavy atom. The molecule has 0 aromatic carbocycles. The number of allylic oxidation sites excluding steroid dienone is 3. The van der Waals surface area contributed by atoms with E-state index in [4.69, 9.17) is 16.3 Å². The first-order chi connectivity index (χ1) is 8.08.